The smallest absolute Gasteiger partial charge is 0.339 e. The van der Waals surface area contributed by atoms with E-state index in [1.807, 2.05) is 12.2 Å². The molecule has 30 heavy (non-hydrogen) atoms. The van der Waals surface area contributed by atoms with Gasteiger partial charge in [-0.15, -0.1) is 0 Å². The molecule has 0 saturated heterocycles. The highest BCUT2D eigenvalue weighted by Gasteiger charge is 2.37. The van der Waals surface area contributed by atoms with E-state index in [9.17, 15) is 9.90 Å². The molecule has 1 fully saturated rings. The van der Waals surface area contributed by atoms with Crippen LogP contribution in [0.1, 0.15) is 66.7 Å². The van der Waals surface area contributed by atoms with Crippen molar-refractivity contribution in [1.82, 2.24) is 0 Å². The SMILES string of the molecule is CC(C)[C@H]1CC[C@H](C)C[C@@H]1O[C@@H]1C=C([C@@H](O)CCC(C)(C)/C=C/C=C/CO)C(=O)O1. The molecule has 0 aromatic heterocycles. The number of cyclic esters (lactones) is 1. The van der Waals surface area contributed by atoms with E-state index >= 15 is 0 Å². The standard InChI is InChI=1S/C25H40O5/c1-17(2)19-10-9-18(3)15-22(19)29-23-16-20(24(28)30-23)21(27)11-13-25(4,5)12-7-6-8-14-26/h6-8,12,16-19,21-23,26-27H,9-11,13-15H2,1-5H3/b8-6+,12-7+/t18-,19+,21-,22-,23-/m0/s1. The largest absolute Gasteiger partial charge is 0.428 e. The minimum Gasteiger partial charge on any atom is -0.428 e. The number of hydrogen-bond acceptors (Lipinski definition) is 5. The molecule has 0 bridgehead atoms. The van der Waals surface area contributed by atoms with Gasteiger partial charge in [0.2, 0.25) is 6.29 Å². The number of ether oxygens (including phenoxy) is 2. The van der Waals surface area contributed by atoms with Gasteiger partial charge >= 0.3 is 5.97 Å². The van der Waals surface area contributed by atoms with Crippen LogP contribution in [0.15, 0.2) is 36.0 Å². The summed E-state index contributed by atoms with van der Waals surface area (Å²) in [7, 11) is 0. The van der Waals surface area contributed by atoms with Gasteiger partial charge in [-0.05, 0) is 54.9 Å². The number of carbonyl (C=O) groups excluding carboxylic acids is 1. The molecule has 1 saturated carbocycles. The predicted octanol–water partition coefficient (Wildman–Crippen LogP) is 4.55. The first kappa shape index (κ1) is 24.8. The molecule has 0 aromatic carbocycles. The third-order valence-electron chi connectivity index (χ3n) is 6.37. The Labute approximate surface area is 181 Å². The quantitative estimate of drug-likeness (QED) is 0.401. The molecule has 0 amide bonds. The zero-order valence-corrected chi connectivity index (χ0v) is 19.2. The number of hydrogen-bond donors (Lipinski definition) is 2. The van der Waals surface area contributed by atoms with Crippen LogP contribution >= 0.6 is 0 Å². The number of aliphatic hydroxyl groups is 2. The molecular formula is C25H40O5. The molecule has 2 aliphatic rings. The van der Waals surface area contributed by atoms with Crippen LogP contribution in [0.4, 0.5) is 0 Å². The summed E-state index contributed by atoms with van der Waals surface area (Å²) in [6, 6.07) is 0. The zero-order chi connectivity index (χ0) is 22.3. The van der Waals surface area contributed by atoms with Gasteiger partial charge in [-0.1, -0.05) is 65.3 Å². The fourth-order valence-corrected chi connectivity index (χ4v) is 4.38. The molecule has 0 radical (unpaired) electrons. The zero-order valence-electron chi connectivity index (χ0n) is 19.2. The minimum absolute atomic E-state index is 0.0146. The van der Waals surface area contributed by atoms with Crippen molar-refractivity contribution in [2.45, 2.75) is 85.2 Å². The van der Waals surface area contributed by atoms with Crippen molar-refractivity contribution < 1.29 is 24.5 Å². The molecule has 5 heteroatoms. The molecule has 170 valence electrons. The summed E-state index contributed by atoms with van der Waals surface area (Å²) in [6.45, 7) is 10.9. The summed E-state index contributed by atoms with van der Waals surface area (Å²) in [5.74, 6) is 1.13. The normalized spacial score (nSPS) is 29.1. The van der Waals surface area contributed by atoms with Crippen molar-refractivity contribution in [2.24, 2.45) is 23.2 Å². The second-order valence-electron chi connectivity index (χ2n) is 9.91. The van der Waals surface area contributed by atoms with Gasteiger partial charge in [-0.2, -0.15) is 0 Å². The van der Waals surface area contributed by atoms with Gasteiger partial charge in [0.05, 0.1) is 24.4 Å². The van der Waals surface area contributed by atoms with Crippen LogP contribution in [0.2, 0.25) is 0 Å². The third kappa shape index (κ3) is 7.36. The number of allylic oxidation sites excluding steroid dienone is 3. The maximum Gasteiger partial charge on any atom is 0.339 e. The molecule has 1 heterocycles. The van der Waals surface area contributed by atoms with E-state index in [0.717, 1.165) is 12.8 Å². The van der Waals surface area contributed by atoms with Gasteiger partial charge in [0.25, 0.3) is 0 Å². The Hall–Kier alpha value is -1.43. The van der Waals surface area contributed by atoms with E-state index in [-0.39, 0.29) is 18.1 Å². The lowest BCUT2D eigenvalue weighted by atomic mass is 9.75. The van der Waals surface area contributed by atoms with Gasteiger partial charge < -0.3 is 19.7 Å². The average molecular weight is 421 g/mol. The number of carbonyl (C=O) groups is 1. The molecule has 1 aliphatic carbocycles. The third-order valence-corrected chi connectivity index (χ3v) is 6.37. The van der Waals surface area contributed by atoms with E-state index in [2.05, 4.69) is 34.6 Å². The summed E-state index contributed by atoms with van der Waals surface area (Å²) in [5.41, 5.74) is 0.174. The molecular weight excluding hydrogens is 380 g/mol. The van der Waals surface area contributed by atoms with E-state index in [4.69, 9.17) is 14.6 Å². The maximum absolute atomic E-state index is 12.3. The highest BCUT2D eigenvalue weighted by molar-refractivity contribution is 5.91. The molecule has 0 spiro atoms. The van der Waals surface area contributed by atoms with Crippen molar-refractivity contribution in [3.8, 4) is 0 Å². The van der Waals surface area contributed by atoms with E-state index in [1.165, 1.54) is 6.42 Å². The second kappa shape index (κ2) is 11.3. The number of aliphatic hydroxyl groups excluding tert-OH is 2. The summed E-state index contributed by atoms with van der Waals surface area (Å²) < 4.78 is 11.6. The van der Waals surface area contributed by atoms with Gasteiger partial charge in [0, 0.05) is 0 Å². The second-order valence-corrected chi connectivity index (χ2v) is 9.91. The summed E-state index contributed by atoms with van der Waals surface area (Å²) in [5, 5.41) is 19.4. The van der Waals surface area contributed by atoms with Crippen LogP contribution < -0.4 is 0 Å². The molecule has 2 rings (SSSR count). The van der Waals surface area contributed by atoms with Crippen LogP contribution in [0, 0.1) is 23.2 Å². The van der Waals surface area contributed by atoms with Crippen molar-refractivity contribution in [3.05, 3.63) is 36.0 Å². The molecule has 5 nitrogen and oxygen atoms in total. The lowest BCUT2D eigenvalue weighted by molar-refractivity contribution is -0.179. The predicted molar refractivity (Wildman–Crippen MR) is 119 cm³/mol. The fourth-order valence-electron chi connectivity index (χ4n) is 4.38. The van der Waals surface area contributed by atoms with Crippen LogP contribution in [0.25, 0.3) is 0 Å². The molecule has 0 aromatic rings. The topological polar surface area (TPSA) is 76.0 Å². The molecule has 5 atom stereocenters. The Morgan fingerprint density at radius 3 is 2.70 bits per heavy atom. The average Bonchev–Trinajstić information content (AvgIpc) is 3.03. The lowest BCUT2D eigenvalue weighted by Gasteiger charge is -2.37. The van der Waals surface area contributed by atoms with Crippen LogP contribution in [0.3, 0.4) is 0 Å². The monoisotopic (exact) mass is 420 g/mol. The number of esters is 1. The van der Waals surface area contributed by atoms with Crippen LogP contribution in [-0.2, 0) is 14.3 Å². The summed E-state index contributed by atoms with van der Waals surface area (Å²) in [4.78, 5) is 12.3. The van der Waals surface area contributed by atoms with Crippen molar-refractivity contribution >= 4 is 5.97 Å². The van der Waals surface area contributed by atoms with Gasteiger partial charge in [0.1, 0.15) is 0 Å². The van der Waals surface area contributed by atoms with Crippen LogP contribution in [-0.4, -0.2) is 41.3 Å². The Morgan fingerprint density at radius 2 is 2.03 bits per heavy atom. The Morgan fingerprint density at radius 1 is 1.30 bits per heavy atom. The Balaban J connectivity index is 1.94. The highest BCUT2D eigenvalue weighted by Crippen LogP contribution is 2.37. The first-order chi connectivity index (χ1) is 14.1. The number of rotatable bonds is 10. The summed E-state index contributed by atoms with van der Waals surface area (Å²) in [6.07, 6.45) is 12.1. The van der Waals surface area contributed by atoms with Crippen molar-refractivity contribution in [2.75, 3.05) is 6.61 Å². The molecule has 1 aliphatic heterocycles. The lowest BCUT2D eigenvalue weighted by Crippen LogP contribution is -2.36. The summed E-state index contributed by atoms with van der Waals surface area (Å²) >= 11 is 0. The molecule has 0 unspecified atom stereocenters. The van der Waals surface area contributed by atoms with Gasteiger partial charge in [-0.25, -0.2) is 4.79 Å². The van der Waals surface area contributed by atoms with Crippen LogP contribution in [0.5, 0.6) is 0 Å². The Bertz CT molecular complexity index is 646. The van der Waals surface area contributed by atoms with E-state index in [0.29, 0.717) is 36.2 Å². The first-order valence-corrected chi connectivity index (χ1v) is 11.3. The van der Waals surface area contributed by atoms with Gasteiger partial charge in [-0.3, -0.25) is 0 Å². The fraction of sp³-hybridized carbons (Fsp3) is 0.720. The van der Waals surface area contributed by atoms with Gasteiger partial charge in [0.15, 0.2) is 0 Å². The van der Waals surface area contributed by atoms with E-state index < -0.39 is 18.4 Å². The van der Waals surface area contributed by atoms with Crippen molar-refractivity contribution in [3.63, 3.8) is 0 Å². The molecule has 2 N–H and O–H groups in total. The van der Waals surface area contributed by atoms with Crippen molar-refractivity contribution in [1.29, 1.82) is 0 Å². The first-order valence-electron chi connectivity index (χ1n) is 11.3. The minimum atomic E-state index is -0.863. The van der Waals surface area contributed by atoms with E-state index in [1.54, 1.807) is 18.2 Å². The Kier molecular flexibility index (Phi) is 9.32. The maximum atomic E-state index is 12.3. The highest BCUT2D eigenvalue weighted by atomic mass is 16.7.